The van der Waals surface area contributed by atoms with E-state index >= 15 is 0 Å². The molecule has 0 saturated carbocycles. The molecule has 0 fully saturated rings. The predicted molar refractivity (Wildman–Crippen MR) is 128 cm³/mol. The number of hydrogen-bond acceptors (Lipinski definition) is 2. The van der Waals surface area contributed by atoms with Crippen molar-refractivity contribution in [2.45, 2.75) is 25.8 Å². The lowest BCUT2D eigenvalue weighted by Crippen LogP contribution is -2.40. The molecule has 0 radical (unpaired) electrons. The smallest absolute Gasteiger partial charge is 0.256 e. The van der Waals surface area contributed by atoms with Gasteiger partial charge in [0.05, 0.1) is 6.04 Å². The van der Waals surface area contributed by atoms with Crippen molar-refractivity contribution in [3.63, 3.8) is 0 Å². The Kier molecular flexibility index (Phi) is 5.25. The number of nitrogens with zero attached hydrogens (tertiary/aromatic N) is 2. The molecule has 3 aromatic carbocycles. The number of benzene rings is 3. The maximum Gasteiger partial charge on any atom is 0.256 e. The third-order valence-corrected chi connectivity index (χ3v) is 6.61. The van der Waals surface area contributed by atoms with Gasteiger partial charge in [0.15, 0.2) is 0 Å². The summed E-state index contributed by atoms with van der Waals surface area (Å²) in [6.07, 6.45) is 1.48. The van der Waals surface area contributed by atoms with Gasteiger partial charge in [-0.3, -0.25) is 4.79 Å². The van der Waals surface area contributed by atoms with E-state index in [9.17, 15) is 4.79 Å². The van der Waals surface area contributed by atoms with Gasteiger partial charge in [0, 0.05) is 45.7 Å². The van der Waals surface area contributed by atoms with Crippen LogP contribution >= 0.6 is 23.2 Å². The SMILES string of the molecule is Cc1ccc(N2CCC3=C2CC(c2cccc(Cl)c2)N(c2ccc(Cl)cc2)C3=O)cc1. The van der Waals surface area contributed by atoms with Gasteiger partial charge in [-0.15, -0.1) is 0 Å². The maximum atomic E-state index is 13.8. The van der Waals surface area contributed by atoms with Gasteiger partial charge < -0.3 is 9.80 Å². The highest BCUT2D eigenvalue weighted by molar-refractivity contribution is 6.31. The number of carbonyl (C=O) groups excluding carboxylic acids is 1. The van der Waals surface area contributed by atoms with Crippen LogP contribution in [0, 0.1) is 6.92 Å². The second kappa shape index (κ2) is 8.07. The van der Waals surface area contributed by atoms with E-state index in [0.29, 0.717) is 10.0 Å². The first-order valence-corrected chi connectivity index (χ1v) is 11.2. The first-order valence-electron chi connectivity index (χ1n) is 10.4. The number of hydrogen-bond donors (Lipinski definition) is 0. The molecule has 2 aliphatic rings. The number of carbonyl (C=O) groups is 1. The average molecular weight is 449 g/mol. The minimum Gasteiger partial charge on any atom is -0.344 e. The number of rotatable bonds is 3. The number of halogens is 2. The normalized spacial score (nSPS) is 18.5. The summed E-state index contributed by atoms with van der Waals surface area (Å²) in [5.41, 5.74) is 6.24. The van der Waals surface area contributed by atoms with Crippen molar-refractivity contribution in [2.24, 2.45) is 0 Å². The summed E-state index contributed by atoms with van der Waals surface area (Å²) < 4.78 is 0. The average Bonchev–Trinajstić information content (AvgIpc) is 3.19. The minimum atomic E-state index is -0.142. The maximum absolute atomic E-state index is 13.8. The van der Waals surface area contributed by atoms with Gasteiger partial charge in [0.25, 0.3) is 5.91 Å². The first kappa shape index (κ1) is 20.2. The second-order valence-electron chi connectivity index (χ2n) is 8.09. The summed E-state index contributed by atoms with van der Waals surface area (Å²) in [4.78, 5) is 18.0. The van der Waals surface area contributed by atoms with E-state index in [0.717, 1.165) is 47.6 Å². The molecule has 0 spiro atoms. The van der Waals surface area contributed by atoms with Crippen LogP contribution in [0.2, 0.25) is 10.0 Å². The van der Waals surface area contributed by atoms with E-state index in [1.807, 2.05) is 53.4 Å². The molecule has 0 bridgehead atoms. The first-order chi connectivity index (χ1) is 15.0. The monoisotopic (exact) mass is 448 g/mol. The number of amides is 1. The van der Waals surface area contributed by atoms with E-state index < -0.39 is 0 Å². The van der Waals surface area contributed by atoms with Crippen molar-refractivity contribution in [2.75, 3.05) is 16.3 Å². The molecule has 3 aromatic rings. The summed E-state index contributed by atoms with van der Waals surface area (Å²) >= 11 is 12.4. The summed E-state index contributed by atoms with van der Waals surface area (Å²) in [5, 5.41) is 1.32. The Balaban J connectivity index is 1.60. The molecule has 0 aromatic heterocycles. The van der Waals surface area contributed by atoms with E-state index in [1.165, 1.54) is 5.56 Å². The Hall–Kier alpha value is -2.75. The van der Waals surface area contributed by atoms with Gasteiger partial charge >= 0.3 is 0 Å². The van der Waals surface area contributed by atoms with Crippen molar-refractivity contribution in [1.82, 2.24) is 0 Å². The fraction of sp³-hybridized carbons (Fsp3) is 0.192. The van der Waals surface area contributed by atoms with Crippen LogP contribution in [-0.2, 0) is 4.79 Å². The zero-order valence-electron chi connectivity index (χ0n) is 17.2. The molecular weight excluding hydrogens is 427 g/mol. The molecule has 0 N–H and O–H groups in total. The fourth-order valence-electron chi connectivity index (χ4n) is 4.58. The lowest BCUT2D eigenvalue weighted by atomic mass is 9.92. The Bertz CT molecular complexity index is 1170. The second-order valence-corrected chi connectivity index (χ2v) is 8.96. The molecule has 3 nitrogen and oxygen atoms in total. The van der Waals surface area contributed by atoms with E-state index in [2.05, 4.69) is 36.1 Å². The topological polar surface area (TPSA) is 23.6 Å². The Morgan fingerprint density at radius 2 is 1.58 bits per heavy atom. The molecule has 5 rings (SSSR count). The van der Waals surface area contributed by atoms with Gasteiger partial charge in [0.1, 0.15) is 0 Å². The molecule has 1 amide bonds. The zero-order valence-corrected chi connectivity index (χ0v) is 18.7. The van der Waals surface area contributed by atoms with Crippen LogP contribution in [0.15, 0.2) is 84.1 Å². The summed E-state index contributed by atoms with van der Waals surface area (Å²) in [7, 11) is 0. The van der Waals surface area contributed by atoms with Crippen LogP contribution in [-0.4, -0.2) is 12.5 Å². The highest BCUT2D eigenvalue weighted by Crippen LogP contribution is 2.44. The van der Waals surface area contributed by atoms with Crippen LogP contribution in [0.1, 0.15) is 30.0 Å². The zero-order chi connectivity index (χ0) is 21.5. The molecule has 0 aliphatic carbocycles. The Morgan fingerprint density at radius 3 is 2.29 bits per heavy atom. The summed E-state index contributed by atoms with van der Waals surface area (Å²) in [6, 6.07) is 23.7. The van der Waals surface area contributed by atoms with Crippen molar-refractivity contribution >= 4 is 40.5 Å². The van der Waals surface area contributed by atoms with Crippen molar-refractivity contribution in [3.8, 4) is 0 Å². The standard InChI is InChI=1S/C26H22Cl2N2O/c1-17-5-9-21(10-6-17)29-14-13-23-25(29)16-24(18-3-2-4-20(28)15-18)30(26(23)31)22-11-7-19(27)8-12-22/h2-12,15,24H,13-14,16H2,1H3. The molecule has 1 atom stereocenters. The van der Waals surface area contributed by atoms with Crippen molar-refractivity contribution in [3.05, 3.63) is 105 Å². The summed E-state index contributed by atoms with van der Waals surface area (Å²) in [6.45, 7) is 2.90. The van der Waals surface area contributed by atoms with Gasteiger partial charge in [-0.25, -0.2) is 0 Å². The minimum absolute atomic E-state index is 0.0585. The molecule has 0 saturated heterocycles. The lowest BCUT2D eigenvalue weighted by Gasteiger charge is -2.38. The highest BCUT2D eigenvalue weighted by Gasteiger charge is 2.40. The molecule has 5 heteroatoms. The van der Waals surface area contributed by atoms with Crippen molar-refractivity contribution in [1.29, 1.82) is 0 Å². The van der Waals surface area contributed by atoms with Gasteiger partial charge in [0.2, 0.25) is 0 Å². The predicted octanol–water partition coefficient (Wildman–Crippen LogP) is 6.94. The van der Waals surface area contributed by atoms with E-state index in [-0.39, 0.29) is 11.9 Å². The highest BCUT2D eigenvalue weighted by atomic mass is 35.5. The van der Waals surface area contributed by atoms with Crippen LogP contribution < -0.4 is 9.80 Å². The van der Waals surface area contributed by atoms with E-state index in [1.54, 1.807) is 0 Å². The lowest BCUT2D eigenvalue weighted by molar-refractivity contribution is -0.116. The number of anilines is 2. The van der Waals surface area contributed by atoms with Crippen LogP contribution in [0.25, 0.3) is 0 Å². The quantitative estimate of drug-likeness (QED) is 0.432. The molecule has 1 unspecified atom stereocenters. The van der Waals surface area contributed by atoms with Crippen LogP contribution in [0.5, 0.6) is 0 Å². The molecular formula is C26H22Cl2N2O. The Morgan fingerprint density at radius 1 is 0.871 bits per heavy atom. The largest absolute Gasteiger partial charge is 0.344 e. The van der Waals surface area contributed by atoms with Crippen molar-refractivity contribution < 1.29 is 4.79 Å². The number of aryl methyl sites for hydroxylation is 1. The third kappa shape index (κ3) is 3.73. The molecule has 2 heterocycles. The van der Waals surface area contributed by atoms with Gasteiger partial charge in [-0.1, -0.05) is 53.0 Å². The molecule has 2 aliphatic heterocycles. The van der Waals surface area contributed by atoms with Crippen LogP contribution in [0.3, 0.4) is 0 Å². The fourth-order valence-corrected chi connectivity index (χ4v) is 4.90. The van der Waals surface area contributed by atoms with Gasteiger partial charge in [-0.05, 0) is 67.4 Å². The Labute approximate surface area is 192 Å². The molecule has 156 valence electrons. The van der Waals surface area contributed by atoms with E-state index in [4.69, 9.17) is 23.2 Å². The van der Waals surface area contributed by atoms with Crippen LogP contribution in [0.4, 0.5) is 11.4 Å². The van der Waals surface area contributed by atoms with Gasteiger partial charge in [-0.2, -0.15) is 0 Å². The summed E-state index contributed by atoms with van der Waals surface area (Å²) in [5.74, 6) is 0.0585. The third-order valence-electron chi connectivity index (χ3n) is 6.12. The molecule has 31 heavy (non-hydrogen) atoms.